The molecule has 2 rings (SSSR count). The summed E-state index contributed by atoms with van der Waals surface area (Å²) in [5, 5.41) is 8.25. The van der Waals surface area contributed by atoms with E-state index in [0.717, 1.165) is 0 Å². The molecule has 0 radical (unpaired) electrons. The number of hydrogen-bond acceptors (Lipinski definition) is 7. The van der Waals surface area contributed by atoms with Crippen LogP contribution in [0.2, 0.25) is 5.02 Å². The monoisotopic (exact) mass is 350 g/mol. The van der Waals surface area contributed by atoms with Gasteiger partial charge in [-0.1, -0.05) is 16.8 Å². The summed E-state index contributed by atoms with van der Waals surface area (Å²) in [7, 11) is 0. The van der Waals surface area contributed by atoms with Crippen molar-refractivity contribution in [2.24, 2.45) is 5.18 Å². The fourth-order valence-corrected chi connectivity index (χ4v) is 2.03. The SMILES string of the molecule is CCNC(=O)Nc1ccc(Oc2ncnc(N)c2CN=O)cc1Cl. The highest BCUT2D eigenvalue weighted by Crippen LogP contribution is 2.31. The molecule has 0 atom stereocenters. The van der Waals surface area contributed by atoms with Crippen molar-refractivity contribution >= 4 is 29.1 Å². The molecule has 0 aliphatic carbocycles. The molecule has 10 heteroatoms. The van der Waals surface area contributed by atoms with E-state index in [1.54, 1.807) is 19.1 Å². The summed E-state index contributed by atoms with van der Waals surface area (Å²) in [6, 6.07) is 4.30. The van der Waals surface area contributed by atoms with Crippen molar-refractivity contribution in [3.63, 3.8) is 0 Å². The molecule has 1 aromatic heterocycles. The van der Waals surface area contributed by atoms with Gasteiger partial charge in [0.25, 0.3) is 0 Å². The van der Waals surface area contributed by atoms with Crippen molar-refractivity contribution in [1.29, 1.82) is 0 Å². The summed E-state index contributed by atoms with van der Waals surface area (Å²) in [6.45, 7) is 2.08. The van der Waals surface area contributed by atoms with E-state index >= 15 is 0 Å². The Labute approximate surface area is 142 Å². The third-order valence-corrected chi connectivity index (χ3v) is 3.22. The summed E-state index contributed by atoms with van der Waals surface area (Å²) in [5.41, 5.74) is 6.40. The molecule has 24 heavy (non-hydrogen) atoms. The number of nitroso groups, excluding NO2 is 1. The van der Waals surface area contributed by atoms with E-state index in [-0.39, 0.29) is 34.9 Å². The number of nitrogen functional groups attached to an aromatic ring is 1. The second-order valence-corrected chi connectivity index (χ2v) is 4.97. The van der Waals surface area contributed by atoms with Crippen LogP contribution in [-0.4, -0.2) is 22.5 Å². The van der Waals surface area contributed by atoms with Crippen LogP contribution < -0.4 is 21.1 Å². The van der Waals surface area contributed by atoms with Gasteiger partial charge in [-0.2, -0.15) is 4.91 Å². The van der Waals surface area contributed by atoms with Crippen molar-refractivity contribution in [3.8, 4) is 11.6 Å². The predicted molar refractivity (Wildman–Crippen MR) is 90.2 cm³/mol. The highest BCUT2D eigenvalue weighted by atomic mass is 35.5. The minimum Gasteiger partial charge on any atom is -0.438 e. The molecule has 0 bridgehead atoms. The zero-order valence-corrected chi connectivity index (χ0v) is 13.5. The van der Waals surface area contributed by atoms with Crippen LogP contribution in [0.1, 0.15) is 12.5 Å². The number of anilines is 2. The summed E-state index contributed by atoms with van der Waals surface area (Å²) in [6.07, 6.45) is 1.21. The van der Waals surface area contributed by atoms with Gasteiger partial charge in [0.2, 0.25) is 5.88 Å². The van der Waals surface area contributed by atoms with Crippen LogP contribution in [0.15, 0.2) is 29.7 Å². The number of aromatic nitrogens is 2. The van der Waals surface area contributed by atoms with Crippen molar-refractivity contribution in [2.75, 3.05) is 17.6 Å². The molecule has 0 fully saturated rings. The Balaban J connectivity index is 2.20. The second kappa shape index (κ2) is 8.06. The first-order valence-electron chi connectivity index (χ1n) is 6.95. The van der Waals surface area contributed by atoms with E-state index in [2.05, 4.69) is 25.8 Å². The summed E-state index contributed by atoms with van der Waals surface area (Å²) >= 11 is 6.12. The first kappa shape index (κ1) is 17.4. The van der Waals surface area contributed by atoms with E-state index < -0.39 is 0 Å². The van der Waals surface area contributed by atoms with Crippen LogP contribution >= 0.6 is 11.6 Å². The van der Waals surface area contributed by atoms with Gasteiger partial charge in [0, 0.05) is 12.6 Å². The third kappa shape index (κ3) is 4.29. The molecule has 0 unspecified atom stereocenters. The topological polar surface area (TPSA) is 132 Å². The Morgan fingerprint density at radius 3 is 2.88 bits per heavy atom. The zero-order chi connectivity index (χ0) is 17.5. The van der Waals surface area contributed by atoms with Gasteiger partial charge >= 0.3 is 6.03 Å². The lowest BCUT2D eigenvalue weighted by Crippen LogP contribution is -2.28. The highest BCUT2D eigenvalue weighted by Gasteiger charge is 2.13. The lowest BCUT2D eigenvalue weighted by molar-refractivity contribution is 0.252. The number of carbonyl (C=O) groups excluding carboxylic acids is 1. The maximum atomic E-state index is 11.5. The number of nitrogens with one attached hydrogen (secondary N) is 2. The van der Waals surface area contributed by atoms with Crippen molar-refractivity contribution in [1.82, 2.24) is 15.3 Å². The van der Waals surface area contributed by atoms with Gasteiger partial charge in [0.15, 0.2) is 0 Å². The van der Waals surface area contributed by atoms with Crippen LogP contribution in [0.5, 0.6) is 11.6 Å². The average Bonchev–Trinajstić information content (AvgIpc) is 2.54. The van der Waals surface area contributed by atoms with E-state index in [9.17, 15) is 9.70 Å². The molecule has 9 nitrogen and oxygen atoms in total. The number of urea groups is 1. The molecule has 0 spiro atoms. The minimum atomic E-state index is -0.365. The maximum Gasteiger partial charge on any atom is 0.319 e. The van der Waals surface area contributed by atoms with Gasteiger partial charge in [-0.3, -0.25) is 0 Å². The summed E-state index contributed by atoms with van der Waals surface area (Å²) in [4.78, 5) is 29.7. The van der Waals surface area contributed by atoms with E-state index in [1.807, 2.05) is 0 Å². The second-order valence-electron chi connectivity index (χ2n) is 4.56. The Bertz CT molecular complexity index is 755. The molecular formula is C14H15ClN6O3. The molecule has 1 heterocycles. The first-order chi connectivity index (χ1) is 11.5. The smallest absolute Gasteiger partial charge is 0.319 e. The van der Waals surface area contributed by atoms with E-state index in [1.165, 1.54) is 12.4 Å². The number of carbonyl (C=O) groups is 1. The summed E-state index contributed by atoms with van der Waals surface area (Å²) < 4.78 is 5.59. The largest absolute Gasteiger partial charge is 0.438 e. The van der Waals surface area contributed by atoms with Gasteiger partial charge < -0.3 is 21.1 Å². The quantitative estimate of drug-likeness (QED) is 0.686. The molecular weight excluding hydrogens is 336 g/mol. The highest BCUT2D eigenvalue weighted by molar-refractivity contribution is 6.33. The lowest BCUT2D eigenvalue weighted by atomic mass is 10.3. The number of ether oxygens (including phenoxy) is 1. The lowest BCUT2D eigenvalue weighted by Gasteiger charge is -2.12. The van der Waals surface area contributed by atoms with Crippen LogP contribution in [-0.2, 0) is 6.54 Å². The van der Waals surface area contributed by atoms with Gasteiger partial charge in [0.05, 0.1) is 16.3 Å². The Morgan fingerprint density at radius 2 is 2.21 bits per heavy atom. The van der Waals surface area contributed by atoms with Gasteiger partial charge in [0.1, 0.15) is 24.4 Å². The molecule has 0 saturated carbocycles. The predicted octanol–water partition coefficient (Wildman–Crippen LogP) is 2.91. The number of amides is 2. The normalized spacial score (nSPS) is 10.1. The van der Waals surface area contributed by atoms with Gasteiger partial charge in [-0.25, -0.2) is 14.8 Å². The molecule has 2 amide bonds. The van der Waals surface area contributed by atoms with Crippen LogP contribution in [0.4, 0.5) is 16.3 Å². The molecule has 2 aromatic rings. The molecule has 0 saturated heterocycles. The van der Waals surface area contributed by atoms with E-state index in [4.69, 9.17) is 22.1 Å². The average molecular weight is 351 g/mol. The summed E-state index contributed by atoms with van der Waals surface area (Å²) in [5.74, 6) is 0.578. The number of rotatable bonds is 6. The fourth-order valence-electron chi connectivity index (χ4n) is 1.81. The van der Waals surface area contributed by atoms with Gasteiger partial charge in [-0.15, -0.1) is 0 Å². The molecule has 4 N–H and O–H groups in total. The van der Waals surface area contributed by atoms with Crippen LogP contribution in [0.25, 0.3) is 0 Å². The van der Waals surface area contributed by atoms with Crippen molar-refractivity contribution in [3.05, 3.63) is 40.0 Å². The van der Waals surface area contributed by atoms with Gasteiger partial charge in [-0.05, 0) is 19.1 Å². The zero-order valence-electron chi connectivity index (χ0n) is 12.7. The molecule has 126 valence electrons. The number of hydrogen-bond donors (Lipinski definition) is 3. The fraction of sp³-hybridized carbons (Fsp3) is 0.214. The molecule has 0 aliphatic rings. The molecule has 0 aliphatic heterocycles. The standard InChI is InChI=1S/C14H15ClN6O3/c1-2-17-14(22)21-11-4-3-8(5-10(11)15)24-13-9(6-20-23)12(16)18-7-19-13/h3-5,7H,2,6H2,1H3,(H2,16,18,19)(H2,17,21,22). The third-order valence-electron chi connectivity index (χ3n) is 2.90. The van der Waals surface area contributed by atoms with Crippen molar-refractivity contribution in [2.45, 2.75) is 13.5 Å². The van der Waals surface area contributed by atoms with E-state index in [0.29, 0.717) is 18.0 Å². The minimum absolute atomic E-state index is 0.111. The Morgan fingerprint density at radius 1 is 1.42 bits per heavy atom. The maximum absolute atomic E-state index is 11.5. The number of halogens is 1. The Hall–Kier alpha value is -2.94. The van der Waals surface area contributed by atoms with Crippen molar-refractivity contribution < 1.29 is 9.53 Å². The number of nitrogens with zero attached hydrogens (tertiary/aromatic N) is 3. The number of benzene rings is 1. The number of nitrogens with two attached hydrogens (primary N) is 1. The first-order valence-corrected chi connectivity index (χ1v) is 7.33. The Kier molecular flexibility index (Phi) is 5.85. The molecule has 1 aromatic carbocycles. The van der Waals surface area contributed by atoms with Crippen LogP contribution in [0.3, 0.4) is 0 Å². The van der Waals surface area contributed by atoms with Crippen LogP contribution in [0, 0.1) is 4.91 Å².